The third kappa shape index (κ3) is 0.881. The summed E-state index contributed by atoms with van der Waals surface area (Å²) < 4.78 is 24.4. The predicted octanol–water partition coefficient (Wildman–Crippen LogP) is 0.489. The maximum absolute atomic E-state index is 11.2. The molecule has 6 heteroatoms. The molecule has 1 aromatic heterocycles. The van der Waals surface area contributed by atoms with E-state index in [0.717, 1.165) is 16.2 Å². The standard InChI is InChI=1S/C6H5NO3S2/c1-3-2-4-5(8)7-12(9,10)6(4)11-3/h2H,1H3,(H,7,8). The van der Waals surface area contributed by atoms with Crippen LogP contribution in [0.2, 0.25) is 0 Å². The minimum atomic E-state index is -3.51. The molecule has 1 aromatic rings. The van der Waals surface area contributed by atoms with Gasteiger partial charge < -0.3 is 0 Å². The Balaban J connectivity index is 2.81. The predicted molar refractivity (Wildman–Crippen MR) is 43.7 cm³/mol. The van der Waals surface area contributed by atoms with Crippen molar-refractivity contribution in [2.45, 2.75) is 11.1 Å². The van der Waals surface area contributed by atoms with Crippen LogP contribution in [0.3, 0.4) is 0 Å². The highest BCUT2D eigenvalue weighted by Gasteiger charge is 2.34. The summed E-state index contributed by atoms with van der Waals surface area (Å²) in [6.07, 6.45) is 0. The molecule has 0 unspecified atom stereocenters. The Morgan fingerprint density at radius 2 is 2.17 bits per heavy atom. The van der Waals surface area contributed by atoms with Crippen molar-refractivity contribution >= 4 is 27.3 Å². The van der Waals surface area contributed by atoms with E-state index in [2.05, 4.69) is 0 Å². The van der Waals surface area contributed by atoms with Gasteiger partial charge in [-0.2, -0.15) is 0 Å². The average Bonchev–Trinajstić information content (AvgIpc) is 2.37. The minimum absolute atomic E-state index is 0.144. The number of sulfonamides is 1. The van der Waals surface area contributed by atoms with Gasteiger partial charge in [-0.1, -0.05) is 0 Å². The fourth-order valence-corrected chi connectivity index (χ4v) is 3.65. The first-order valence-corrected chi connectivity index (χ1v) is 5.48. The van der Waals surface area contributed by atoms with Gasteiger partial charge in [-0.05, 0) is 13.0 Å². The fraction of sp³-hybridized carbons (Fsp3) is 0.167. The maximum atomic E-state index is 11.2. The van der Waals surface area contributed by atoms with E-state index >= 15 is 0 Å². The first-order chi connectivity index (χ1) is 5.50. The zero-order valence-corrected chi connectivity index (χ0v) is 7.75. The average molecular weight is 203 g/mol. The van der Waals surface area contributed by atoms with Gasteiger partial charge in [-0.3, -0.25) is 4.79 Å². The number of fused-ring (bicyclic) bond motifs is 1. The largest absolute Gasteiger partial charge is 0.274 e. The van der Waals surface area contributed by atoms with E-state index in [-0.39, 0.29) is 9.77 Å². The van der Waals surface area contributed by atoms with Crippen molar-refractivity contribution < 1.29 is 13.2 Å². The van der Waals surface area contributed by atoms with Gasteiger partial charge >= 0.3 is 0 Å². The second-order valence-electron chi connectivity index (χ2n) is 2.49. The number of carbonyl (C=O) groups excluding carboxylic acids is 1. The number of carbonyl (C=O) groups is 1. The lowest BCUT2D eigenvalue weighted by atomic mass is 10.3. The molecule has 1 N–H and O–H groups in total. The first kappa shape index (κ1) is 7.75. The topological polar surface area (TPSA) is 63.2 Å². The Bertz CT molecular complexity index is 457. The van der Waals surface area contributed by atoms with Crippen LogP contribution in [-0.2, 0) is 10.0 Å². The lowest BCUT2D eigenvalue weighted by molar-refractivity contribution is 0.0985. The number of amides is 1. The molecule has 0 spiro atoms. The Morgan fingerprint density at radius 1 is 1.50 bits per heavy atom. The van der Waals surface area contributed by atoms with Crippen LogP contribution in [0.15, 0.2) is 10.3 Å². The zero-order valence-electron chi connectivity index (χ0n) is 6.12. The van der Waals surface area contributed by atoms with Crippen molar-refractivity contribution in [2.24, 2.45) is 0 Å². The van der Waals surface area contributed by atoms with E-state index in [9.17, 15) is 13.2 Å². The van der Waals surface area contributed by atoms with Gasteiger partial charge in [0.2, 0.25) is 0 Å². The molecule has 0 aromatic carbocycles. The fourth-order valence-electron chi connectivity index (χ4n) is 1.07. The molecule has 0 saturated carbocycles. The van der Waals surface area contributed by atoms with Crippen molar-refractivity contribution in [2.75, 3.05) is 0 Å². The molecule has 1 aliphatic heterocycles. The highest BCUT2D eigenvalue weighted by atomic mass is 32.2. The van der Waals surface area contributed by atoms with Crippen molar-refractivity contribution in [1.29, 1.82) is 0 Å². The summed E-state index contributed by atoms with van der Waals surface area (Å²) in [6, 6.07) is 1.58. The molecule has 4 nitrogen and oxygen atoms in total. The number of nitrogens with one attached hydrogen (secondary N) is 1. The van der Waals surface area contributed by atoms with Gasteiger partial charge in [0, 0.05) is 4.88 Å². The van der Waals surface area contributed by atoms with Crippen molar-refractivity contribution in [3.05, 3.63) is 16.5 Å². The van der Waals surface area contributed by atoms with E-state index < -0.39 is 15.9 Å². The lowest BCUT2D eigenvalue weighted by Gasteiger charge is -1.90. The minimum Gasteiger partial charge on any atom is -0.268 e. The Hall–Kier alpha value is -0.880. The van der Waals surface area contributed by atoms with Crippen LogP contribution < -0.4 is 4.72 Å². The molecule has 2 heterocycles. The van der Waals surface area contributed by atoms with Crippen molar-refractivity contribution in [3.63, 3.8) is 0 Å². The van der Waals surface area contributed by atoms with Crippen LogP contribution in [0.25, 0.3) is 0 Å². The van der Waals surface area contributed by atoms with Gasteiger partial charge in [0.15, 0.2) is 4.21 Å². The SMILES string of the molecule is Cc1cc2c(s1)S(=O)(=O)NC2=O. The highest BCUT2D eigenvalue weighted by Crippen LogP contribution is 2.30. The second kappa shape index (κ2) is 2.08. The normalized spacial score (nSPS) is 18.9. The molecular weight excluding hydrogens is 198 g/mol. The molecule has 1 amide bonds. The molecule has 0 bridgehead atoms. The van der Waals surface area contributed by atoms with E-state index in [0.29, 0.717) is 0 Å². The molecule has 0 radical (unpaired) electrons. The summed E-state index contributed by atoms with van der Waals surface area (Å²) in [5.41, 5.74) is 0.275. The number of rotatable bonds is 0. The van der Waals surface area contributed by atoms with Gasteiger partial charge in [-0.15, -0.1) is 11.3 Å². The maximum Gasteiger partial charge on any atom is 0.274 e. The highest BCUT2D eigenvalue weighted by molar-refractivity contribution is 7.92. The summed E-state index contributed by atoms with van der Waals surface area (Å²) >= 11 is 1.12. The summed E-state index contributed by atoms with van der Waals surface area (Å²) in [6.45, 7) is 1.77. The second-order valence-corrected chi connectivity index (χ2v) is 5.63. The summed E-state index contributed by atoms with van der Waals surface area (Å²) in [7, 11) is -3.51. The third-order valence-corrected chi connectivity index (χ3v) is 4.45. The number of aryl methyl sites for hydroxylation is 1. The monoisotopic (exact) mass is 203 g/mol. The summed E-state index contributed by atoms with van der Waals surface area (Å²) in [5.74, 6) is -0.519. The zero-order chi connectivity index (χ0) is 8.93. The van der Waals surface area contributed by atoms with Gasteiger partial charge in [0.1, 0.15) is 0 Å². The number of thiophene rings is 1. The van der Waals surface area contributed by atoms with Crippen molar-refractivity contribution in [3.8, 4) is 0 Å². The van der Waals surface area contributed by atoms with Gasteiger partial charge in [-0.25, -0.2) is 13.1 Å². The van der Waals surface area contributed by atoms with Crippen LogP contribution in [0.5, 0.6) is 0 Å². The Morgan fingerprint density at radius 3 is 2.75 bits per heavy atom. The Kier molecular flexibility index (Phi) is 1.34. The van der Waals surface area contributed by atoms with Gasteiger partial charge in [0.05, 0.1) is 5.56 Å². The quantitative estimate of drug-likeness (QED) is 0.667. The van der Waals surface area contributed by atoms with Crippen LogP contribution in [0.4, 0.5) is 0 Å². The van der Waals surface area contributed by atoms with E-state index in [1.165, 1.54) is 0 Å². The first-order valence-electron chi connectivity index (χ1n) is 3.18. The van der Waals surface area contributed by atoms with E-state index in [1.807, 2.05) is 4.72 Å². The number of hydrogen-bond donors (Lipinski definition) is 1. The van der Waals surface area contributed by atoms with E-state index in [4.69, 9.17) is 0 Å². The smallest absolute Gasteiger partial charge is 0.268 e. The molecule has 0 atom stereocenters. The van der Waals surface area contributed by atoms with Crippen LogP contribution in [0, 0.1) is 6.92 Å². The summed E-state index contributed by atoms with van der Waals surface area (Å²) in [4.78, 5) is 11.8. The van der Waals surface area contributed by atoms with Crippen LogP contribution in [0.1, 0.15) is 15.2 Å². The lowest BCUT2D eigenvalue weighted by Crippen LogP contribution is -2.20. The Labute approximate surface area is 73.3 Å². The summed E-state index contributed by atoms with van der Waals surface area (Å²) in [5, 5.41) is 0. The molecule has 2 rings (SSSR count). The van der Waals surface area contributed by atoms with Gasteiger partial charge in [0.25, 0.3) is 15.9 Å². The van der Waals surface area contributed by atoms with E-state index in [1.54, 1.807) is 13.0 Å². The molecule has 0 saturated heterocycles. The number of hydrogen-bond acceptors (Lipinski definition) is 4. The third-order valence-electron chi connectivity index (χ3n) is 1.54. The molecule has 64 valence electrons. The molecule has 0 aliphatic carbocycles. The molecule has 0 fully saturated rings. The van der Waals surface area contributed by atoms with Crippen LogP contribution in [-0.4, -0.2) is 14.3 Å². The molecule has 12 heavy (non-hydrogen) atoms. The van der Waals surface area contributed by atoms with Crippen molar-refractivity contribution in [1.82, 2.24) is 4.72 Å². The molecule has 1 aliphatic rings. The van der Waals surface area contributed by atoms with Crippen LogP contribution >= 0.6 is 11.3 Å². The molecular formula is C6H5NO3S2.